The molecule has 2 N–H and O–H groups in total. The molecular formula is C27H32N4O. The highest BCUT2D eigenvalue weighted by atomic mass is 16.5. The van der Waals surface area contributed by atoms with Crippen molar-refractivity contribution in [3.63, 3.8) is 0 Å². The molecule has 0 fully saturated rings. The largest absolute Gasteiger partial charge is 0.378 e. The van der Waals surface area contributed by atoms with Gasteiger partial charge in [-0.2, -0.15) is 5.26 Å². The average Bonchev–Trinajstić information content (AvgIpc) is 2.80. The van der Waals surface area contributed by atoms with E-state index in [1.165, 1.54) is 22.3 Å². The quantitative estimate of drug-likeness (QED) is 0.376. The van der Waals surface area contributed by atoms with Crippen molar-refractivity contribution in [2.75, 3.05) is 23.8 Å². The number of pyridine rings is 1. The molecule has 5 nitrogen and oxygen atoms in total. The number of nitrogens with one attached hydrogen (secondary N) is 2. The highest BCUT2D eigenvalue weighted by molar-refractivity contribution is 5.65. The molecule has 0 aliphatic heterocycles. The van der Waals surface area contributed by atoms with Gasteiger partial charge >= 0.3 is 0 Å². The van der Waals surface area contributed by atoms with Crippen LogP contribution >= 0.6 is 0 Å². The van der Waals surface area contributed by atoms with Crippen LogP contribution in [0.15, 0.2) is 66.9 Å². The maximum absolute atomic E-state index is 8.79. The second-order valence-corrected chi connectivity index (χ2v) is 8.19. The molecule has 166 valence electrons. The van der Waals surface area contributed by atoms with Gasteiger partial charge in [-0.3, -0.25) is 0 Å². The van der Waals surface area contributed by atoms with Gasteiger partial charge in [-0.05, 0) is 50.5 Å². The molecule has 0 saturated heterocycles. The SMILES string of the molecule is Cc1ccc(CC(COCCC#N)Nc2ncccc2NC(C)c2ccc(C)cc2)cc1. The second-order valence-electron chi connectivity index (χ2n) is 8.19. The predicted octanol–water partition coefficient (Wildman–Crippen LogP) is 5.83. The summed E-state index contributed by atoms with van der Waals surface area (Å²) in [6.45, 7) is 7.26. The summed E-state index contributed by atoms with van der Waals surface area (Å²) in [7, 11) is 0. The zero-order valence-corrected chi connectivity index (χ0v) is 19.1. The maximum Gasteiger partial charge on any atom is 0.149 e. The molecule has 0 radical (unpaired) electrons. The minimum Gasteiger partial charge on any atom is -0.378 e. The number of benzene rings is 2. The molecule has 3 rings (SSSR count). The Morgan fingerprint density at radius 3 is 2.34 bits per heavy atom. The van der Waals surface area contributed by atoms with E-state index in [2.05, 4.69) is 91.0 Å². The fourth-order valence-electron chi connectivity index (χ4n) is 3.51. The van der Waals surface area contributed by atoms with Crippen LogP contribution in [0, 0.1) is 25.2 Å². The van der Waals surface area contributed by atoms with Crippen LogP contribution in [0.3, 0.4) is 0 Å². The van der Waals surface area contributed by atoms with Gasteiger partial charge in [-0.25, -0.2) is 4.98 Å². The third kappa shape index (κ3) is 7.11. The van der Waals surface area contributed by atoms with Crippen LogP contribution < -0.4 is 10.6 Å². The molecule has 2 unspecified atom stereocenters. The summed E-state index contributed by atoms with van der Waals surface area (Å²) >= 11 is 0. The second kappa shape index (κ2) is 11.9. The predicted molar refractivity (Wildman–Crippen MR) is 131 cm³/mol. The fourth-order valence-corrected chi connectivity index (χ4v) is 3.51. The Kier molecular flexibility index (Phi) is 8.65. The summed E-state index contributed by atoms with van der Waals surface area (Å²) in [4.78, 5) is 4.60. The molecule has 0 aliphatic rings. The van der Waals surface area contributed by atoms with Crippen molar-refractivity contribution in [2.24, 2.45) is 0 Å². The van der Waals surface area contributed by atoms with E-state index >= 15 is 0 Å². The Morgan fingerprint density at radius 1 is 0.969 bits per heavy atom. The van der Waals surface area contributed by atoms with Crippen molar-refractivity contribution in [1.29, 1.82) is 5.26 Å². The third-order valence-electron chi connectivity index (χ3n) is 5.38. The van der Waals surface area contributed by atoms with E-state index in [0.29, 0.717) is 19.6 Å². The Labute approximate surface area is 191 Å². The number of nitrogens with zero attached hydrogens (tertiary/aromatic N) is 2. The number of hydrogen-bond acceptors (Lipinski definition) is 5. The van der Waals surface area contributed by atoms with Crippen molar-refractivity contribution in [2.45, 2.75) is 45.7 Å². The van der Waals surface area contributed by atoms with Gasteiger partial charge in [0.25, 0.3) is 0 Å². The lowest BCUT2D eigenvalue weighted by molar-refractivity contribution is 0.130. The van der Waals surface area contributed by atoms with E-state index < -0.39 is 0 Å². The lowest BCUT2D eigenvalue weighted by Crippen LogP contribution is -2.29. The minimum atomic E-state index is 0.0292. The molecular weight excluding hydrogens is 396 g/mol. The van der Waals surface area contributed by atoms with Crippen molar-refractivity contribution in [3.8, 4) is 6.07 Å². The first kappa shape index (κ1) is 23.3. The third-order valence-corrected chi connectivity index (χ3v) is 5.38. The van der Waals surface area contributed by atoms with Gasteiger partial charge in [-0.1, -0.05) is 59.7 Å². The van der Waals surface area contributed by atoms with E-state index in [4.69, 9.17) is 10.00 Å². The van der Waals surface area contributed by atoms with Crippen LogP contribution in [-0.4, -0.2) is 24.2 Å². The van der Waals surface area contributed by atoms with Crippen LogP contribution in [0.25, 0.3) is 0 Å². The number of anilines is 2. The van der Waals surface area contributed by atoms with Gasteiger partial charge in [0.05, 0.1) is 37.4 Å². The molecule has 1 aromatic heterocycles. The Bertz CT molecular complexity index is 1010. The summed E-state index contributed by atoms with van der Waals surface area (Å²) in [5, 5.41) is 16.0. The molecule has 0 bridgehead atoms. The molecule has 2 atom stereocenters. The number of aryl methyl sites for hydroxylation is 2. The summed E-state index contributed by atoms with van der Waals surface area (Å²) in [6, 6.07) is 23.4. The fraction of sp³-hybridized carbons (Fsp3) is 0.333. The number of aromatic nitrogens is 1. The number of hydrogen-bond donors (Lipinski definition) is 2. The molecule has 5 heteroatoms. The van der Waals surface area contributed by atoms with Crippen LogP contribution in [-0.2, 0) is 11.2 Å². The van der Waals surface area contributed by atoms with Crippen molar-refractivity contribution < 1.29 is 4.74 Å². The normalized spacial score (nSPS) is 12.6. The van der Waals surface area contributed by atoms with E-state index in [0.717, 1.165) is 17.9 Å². The molecule has 0 spiro atoms. The van der Waals surface area contributed by atoms with Crippen molar-refractivity contribution in [1.82, 2.24) is 4.98 Å². The standard InChI is InChI=1S/C27H32N4O/c1-20-7-11-23(12-8-20)18-25(19-32-17-5-15-28)31-27-26(6-4-16-29-27)30-22(3)24-13-9-21(2)10-14-24/h4,6-14,16,22,25,30H,5,17-19H2,1-3H3,(H,29,31). The van der Waals surface area contributed by atoms with Crippen molar-refractivity contribution in [3.05, 3.63) is 89.1 Å². The lowest BCUT2D eigenvalue weighted by Gasteiger charge is -2.23. The van der Waals surface area contributed by atoms with E-state index in [-0.39, 0.29) is 12.1 Å². The first-order valence-corrected chi connectivity index (χ1v) is 11.1. The van der Waals surface area contributed by atoms with Crippen LogP contribution in [0.4, 0.5) is 11.5 Å². The highest BCUT2D eigenvalue weighted by Crippen LogP contribution is 2.25. The molecule has 2 aromatic carbocycles. The Hall–Kier alpha value is -3.36. The zero-order chi connectivity index (χ0) is 22.8. The van der Waals surface area contributed by atoms with Crippen LogP contribution in [0.5, 0.6) is 0 Å². The van der Waals surface area contributed by atoms with Crippen LogP contribution in [0.1, 0.15) is 41.6 Å². The molecule has 1 heterocycles. The smallest absolute Gasteiger partial charge is 0.149 e. The molecule has 0 amide bonds. The lowest BCUT2D eigenvalue weighted by atomic mass is 10.0. The maximum atomic E-state index is 8.79. The monoisotopic (exact) mass is 428 g/mol. The van der Waals surface area contributed by atoms with Crippen LogP contribution in [0.2, 0.25) is 0 Å². The summed E-state index contributed by atoms with van der Waals surface area (Å²) in [6.07, 6.45) is 2.99. The van der Waals surface area contributed by atoms with Gasteiger partial charge in [-0.15, -0.1) is 0 Å². The first-order chi connectivity index (χ1) is 15.5. The van der Waals surface area contributed by atoms with E-state index in [9.17, 15) is 0 Å². The number of ether oxygens (including phenoxy) is 1. The average molecular weight is 429 g/mol. The number of rotatable bonds is 11. The molecule has 0 aliphatic carbocycles. The van der Waals surface area contributed by atoms with E-state index in [1.54, 1.807) is 6.20 Å². The van der Waals surface area contributed by atoms with Crippen molar-refractivity contribution >= 4 is 11.5 Å². The number of nitriles is 1. The highest BCUT2D eigenvalue weighted by Gasteiger charge is 2.15. The van der Waals surface area contributed by atoms with E-state index in [1.807, 2.05) is 12.1 Å². The van der Waals surface area contributed by atoms with Gasteiger partial charge in [0.15, 0.2) is 0 Å². The van der Waals surface area contributed by atoms with Gasteiger partial charge in [0.1, 0.15) is 5.82 Å². The molecule has 0 saturated carbocycles. The van der Waals surface area contributed by atoms with Gasteiger partial charge in [0, 0.05) is 12.2 Å². The Morgan fingerprint density at radius 2 is 1.66 bits per heavy atom. The van der Waals surface area contributed by atoms with Gasteiger partial charge < -0.3 is 15.4 Å². The molecule has 3 aromatic rings. The first-order valence-electron chi connectivity index (χ1n) is 11.1. The minimum absolute atomic E-state index is 0.0292. The summed E-state index contributed by atoms with van der Waals surface area (Å²) in [5.41, 5.74) is 5.90. The van der Waals surface area contributed by atoms with Gasteiger partial charge in [0.2, 0.25) is 0 Å². The zero-order valence-electron chi connectivity index (χ0n) is 19.1. The topological polar surface area (TPSA) is 70.0 Å². The summed E-state index contributed by atoms with van der Waals surface area (Å²) < 4.78 is 5.77. The molecule has 32 heavy (non-hydrogen) atoms. The summed E-state index contributed by atoms with van der Waals surface area (Å²) in [5.74, 6) is 0.799. The Balaban J connectivity index is 1.73.